The summed E-state index contributed by atoms with van der Waals surface area (Å²) >= 11 is 7.17. The molecule has 1 heterocycles. The van der Waals surface area contributed by atoms with E-state index >= 15 is 0 Å². The zero-order chi connectivity index (χ0) is 13.3. The van der Waals surface area contributed by atoms with Crippen LogP contribution in [0.25, 0.3) is 0 Å². The number of aryl methyl sites for hydroxylation is 2. The van der Waals surface area contributed by atoms with Gasteiger partial charge in [-0.2, -0.15) is 0 Å². The van der Waals surface area contributed by atoms with E-state index in [0.29, 0.717) is 10.0 Å². The number of hydrogen-bond acceptors (Lipinski definition) is 4. The SMILES string of the molecule is Cc1ccc(N(C)c2nc(Cl)c(C=O)s2)c(C)c1. The normalized spacial score (nSPS) is 10.4. The van der Waals surface area contributed by atoms with Crippen molar-refractivity contribution in [3.63, 3.8) is 0 Å². The van der Waals surface area contributed by atoms with E-state index in [9.17, 15) is 4.79 Å². The van der Waals surface area contributed by atoms with Gasteiger partial charge in [-0.25, -0.2) is 4.98 Å². The van der Waals surface area contributed by atoms with Crippen LogP contribution in [0.5, 0.6) is 0 Å². The molecule has 3 nitrogen and oxygen atoms in total. The number of nitrogens with zero attached hydrogens (tertiary/aromatic N) is 2. The molecule has 2 aromatic rings. The fourth-order valence-electron chi connectivity index (χ4n) is 1.80. The zero-order valence-corrected chi connectivity index (χ0v) is 12.0. The summed E-state index contributed by atoms with van der Waals surface area (Å²) in [6.07, 6.45) is 0.735. The van der Waals surface area contributed by atoms with Crippen LogP contribution in [0.1, 0.15) is 20.8 Å². The van der Waals surface area contributed by atoms with E-state index in [-0.39, 0.29) is 5.15 Å². The molecule has 0 radical (unpaired) electrons. The number of carbonyl (C=O) groups excluding carboxylic acids is 1. The predicted octanol–water partition coefficient (Wildman–Crippen LogP) is 3.99. The van der Waals surface area contributed by atoms with Crippen molar-refractivity contribution in [2.75, 3.05) is 11.9 Å². The minimum absolute atomic E-state index is 0.265. The minimum atomic E-state index is 0.265. The maximum Gasteiger partial charge on any atom is 0.191 e. The number of hydrogen-bond donors (Lipinski definition) is 0. The van der Waals surface area contributed by atoms with Gasteiger partial charge in [-0.15, -0.1) is 0 Å². The first kappa shape index (κ1) is 13.1. The van der Waals surface area contributed by atoms with Gasteiger partial charge < -0.3 is 4.90 Å². The van der Waals surface area contributed by atoms with Crippen molar-refractivity contribution in [2.45, 2.75) is 13.8 Å². The van der Waals surface area contributed by atoms with E-state index in [2.05, 4.69) is 31.0 Å². The molecule has 0 aliphatic rings. The molecule has 18 heavy (non-hydrogen) atoms. The average Bonchev–Trinajstić information content (AvgIpc) is 2.70. The molecule has 5 heteroatoms. The Hall–Kier alpha value is -1.39. The Balaban J connectivity index is 2.40. The standard InChI is InChI=1S/C13H13ClN2OS/c1-8-4-5-10(9(2)6-8)16(3)13-15-12(14)11(7-17)18-13/h4-7H,1-3H3. The molecule has 0 N–H and O–H groups in total. The van der Waals surface area contributed by atoms with E-state index in [1.54, 1.807) is 0 Å². The zero-order valence-electron chi connectivity index (χ0n) is 10.4. The Bertz CT molecular complexity index is 595. The second kappa shape index (κ2) is 5.08. The van der Waals surface area contributed by atoms with Gasteiger partial charge in [0, 0.05) is 12.7 Å². The third-order valence-electron chi connectivity index (χ3n) is 2.71. The van der Waals surface area contributed by atoms with Crippen LogP contribution >= 0.6 is 22.9 Å². The van der Waals surface area contributed by atoms with E-state index in [1.165, 1.54) is 16.9 Å². The predicted molar refractivity (Wildman–Crippen MR) is 76.5 cm³/mol. The molecule has 0 amide bonds. The third kappa shape index (κ3) is 2.40. The molecule has 0 bridgehead atoms. The molecule has 0 aliphatic heterocycles. The van der Waals surface area contributed by atoms with Gasteiger partial charge in [0.15, 0.2) is 16.6 Å². The second-order valence-corrected chi connectivity index (χ2v) is 5.49. The van der Waals surface area contributed by atoms with E-state index in [1.807, 2.05) is 18.0 Å². The summed E-state index contributed by atoms with van der Waals surface area (Å²) < 4.78 is 0. The van der Waals surface area contributed by atoms with Crippen molar-refractivity contribution >= 4 is 40.0 Å². The highest BCUT2D eigenvalue weighted by molar-refractivity contribution is 7.17. The second-order valence-electron chi connectivity index (χ2n) is 4.12. The summed E-state index contributed by atoms with van der Waals surface area (Å²) in [7, 11) is 1.92. The van der Waals surface area contributed by atoms with Gasteiger partial charge in [-0.1, -0.05) is 40.6 Å². The fraction of sp³-hybridized carbons (Fsp3) is 0.231. The van der Waals surface area contributed by atoms with Crippen molar-refractivity contribution in [3.8, 4) is 0 Å². The van der Waals surface area contributed by atoms with Crippen molar-refractivity contribution in [2.24, 2.45) is 0 Å². The lowest BCUT2D eigenvalue weighted by Gasteiger charge is -2.18. The summed E-state index contributed by atoms with van der Waals surface area (Å²) in [5.41, 5.74) is 3.44. The number of rotatable bonds is 3. The maximum atomic E-state index is 10.8. The van der Waals surface area contributed by atoms with Crippen LogP contribution in [0.3, 0.4) is 0 Å². The van der Waals surface area contributed by atoms with Gasteiger partial charge >= 0.3 is 0 Å². The topological polar surface area (TPSA) is 33.2 Å². The molecule has 1 aromatic heterocycles. The minimum Gasteiger partial charge on any atom is -0.321 e. The molecular formula is C13H13ClN2OS. The number of benzene rings is 1. The van der Waals surface area contributed by atoms with Crippen molar-refractivity contribution < 1.29 is 4.79 Å². The van der Waals surface area contributed by atoms with Gasteiger partial charge in [0.1, 0.15) is 4.88 Å². The van der Waals surface area contributed by atoms with Crippen molar-refractivity contribution in [1.82, 2.24) is 4.98 Å². The fourth-order valence-corrected chi connectivity index (χ4v) is 2.84. The Kier molecular flexibility index (Phi) is 3.68. The molecule has 0 fully saturated rings. The van der Waals surface area contributed by atoms with Crippen molar-refractivity contribution in [1.29, 1.82) is 0 Å². The van der Waals surface area contributed by atoms with Crippen LogP contribution in [-0.2, 0) is 0 Å². The van der Waals surface area contributed by atoms with Crippen LogP contribution in [-0.4, -0.2) is 18.3 Å². The maximum absolute atomic E-state index is 10.8. The smallest absolute Gasteiger partial charge is 0.191 e. The molecule has 0 atom stereocenters. The van der Waals surface area contributed by atoms with Gasteiger partial charge in [0.2, 0.25) is 0 Å². The molecule has 1 aromatic carbocycles. The van der Waals surface area contributed by atoms with Gasteiger partial charge in [-0.05, 0) is 25.5 Å². The molecule has 0 unspecified atom stereocenters. The number of halogens is 1. The van der Waals surface area contributed by atoms with E-state index in [0.717, 1.165) is 17.5 Å². The number of carbonyl (C=O) groups is 1. The van der Waals surface area contributed by atoms with Gasteiger partial charge in [0.05, 0.1) is 0 Å². The van der Waals surface area contributed by atoms with Crippen LogP contribution in [0.2, 0.25) is 5.15 Å². The summed E-state index contributed by atoms with van der Waals surface area (Å²) in [6.45, 7) is 4.11. The summed E-state index contributed by atoms with van der Waals surface area (Å²) in [5, 5.41) is 0.982. The van der Waals surface area contributed by atoms with Crippen LogP contribution in [0, 0.1) is 13.8 Å². The highest BCUT2D eigenvalue weighted by Crippen LogP contribution is 2.33. The molecule has 94 valence electrons. The van der Waals surface area contributed by atoms with Gasteiger partial charge in [-0.3, -0.25) is 4.79 Å². The first-order valence-corrected chi connectivity index (χ1v) is 6.65. The molecular weight excluding hydrogens is 268 g/mol. The summed E-state index contributed by atoms with van der Waals surface area (Å²) in [4.78, 5) is 17.4. The summed E-state index contributed by atoms with van der Waals surface area (Å²) in [6, 6.07) is 6.21. The highest BCUT2D eigenvalue weighted by atomic mass is 35.5. The lowest BCUT2D eigenvalue weighted by atomic mass is 10.1. The Labute approximate surface area is 115 Å². The monoisotopic (exact) mass is 280 g/mol. The lowest BCUT2D eigenvalue weighted by Crippen LogP contribution is -2.10. The van der Waals surface area contributed by atoms with Crippen LogP contribution in [0.15, 0.2) is 18.2 Å². The Morgan fingerprint density at radius 1 is 1.39 bits per heavy atom. The summed E-state index contributed by atoms with van der Waals surface area (Å²) in [5.74, 6) is 0. The Morgan fingerprint density at radius 2 is 2.11 bits per heavy atom. The molecule has 2 rings (SSSR count). The van der Waals surface area contributed by atoms with Gasteiger partial charge in [0.25, 0.3) is 0 Å². The molecule has 0 spiro atoms. The Morgan fingerprint density at radius 3 is 2.67 bits per heavy atom. The first-order valence-electron chi connectivity index (χ1n) is 5.45. The van der Waals surface area contributed by atoms with Crippen LogP contribution in [0.4, 0.5) is 10.8 Å². The number of aromatic nitrogens is 1. The number of anilines is 2. The van der Waals surface area contributed by atoms with E-state index in [4.69, 9.17) is 11.6 Å². The molecule has 0 aliphatic carbocycles. The quantitative estimate of drug-likeness (QED) is 0.797. The average molecular weight is 281 g/mol. The molecule has 0 saturated carbocycles. The largest absolute Gasteiger partial charge is 0.321 e. The van der Waals surface area contributed by atoms with E-state index < -0.39 is 0 Å². The number of aldehydes is 1. The van der Waals surface area contributed by atoms with Crippen molar-refractivity contribution in [3.05, 3.63) is 39.4 Å². The molecule has 0 saturated heterocycles. The first-order chi connectivity index (χ1) is 8.52. The lowest BCUT2D eigenvalue weighted by molar-refractivity contribution is 0.112. The number of thiazole rings is 1. The third-order valence-corrected chi connectivity index (χ3v) is 4.16. The highest BCUT2D eigenvalue weighted by Gasteiger charge is 2.14. The van der Waals surface area contributed by atoms with Crippen LogP contribution < -0.4 is 4.90 Å².